The van der Waals surface area contributed by atoms with Gasteiger partial charge in [-0.1, -0.05) is 18.2 Å². The summed E-state index contributed by atoms with van der Waals surface area (Å²) in [5, 5.41) is 8.45. The molecule has 2 heterocycles. The van der Waals surface area contributed by atoms with Crippen molar-refractivity contribution in [2.24, 2.45) is 0 Å². The van der Waals surface area contributed by atoms with Crippen molar-refractivity contribution in [3.05, 3.63) is 65.2 Å². The average molecular weight is 403 g/mol. The topological polar surface area (TPSA) is 64.9 Å². The molecule has 4 aromatic rings. The van der Waals surface area contributed by atoms with E-state index in [-0.39, 0.29) is 5.75 Å². The zero-order valence-corrected chi connectivity index (χ0v) is 17.1. The van der Waals surface area contributed by atoms with Crippen LogP contribution in [0.15, 0.2) is 42.7 Å². The first-order chi connectivity index (χ1) is 14.5. The molecule has 0 bridgehead atoms. The van der Waals surface area contributed by atoms with E-state index in [0.717, 1.165) is 34.9 Å². The SMILES string of the molecule is Cc1cnn(-c2nc(NC3CC3)c3cc(Oc4c(C)cccc4C)c(F)cc3n2)c1. The summed E-state index contributed by atoms with van der Waals surface area (Å²) < 4.78 is 22.6. The highest BCUT2D eigenvalue weighted by atomic mass is 19.1. The van der Waals surface area contributed by atoms with Crippen LogP contribution >= 0.6 is 0 Å². The molecule has 2 aromatic heterocycles. The Bertz CT molecular complexity index is 1240. The molecule has 7 heteroatoms. The maximum atomic E-state index is 15.0. The van der Waals surface area contributed by atoms with E-state index >= 15 is 0 Å². The lowest BCUT2D eigenvalue weighted by molar-refractivity contribution is 0.438. The van der Waals surface area contributed by atoms with Crippen LogP contribution in [-0.4, -0.2) is 25.8 Å². The molecule has 152 valence electrons. The number of nitrogens with zero attached hydrogens (tertiary/aromatic N) is 4. The van der Waals surface area contributed by atoms with Crippen LogP contribution in [0.3, 0.4) is 0 Å². The number of anilines is 1. The highest BCUT2D eigenvalue weighted by Gasteiger charge is 2.24. The summed E-state index contributed by atoms with van der Waals surface area (Å²) in [7, 11) is 0. The van der Waals surface area contributed by atoms with Crippen molar-refractivity contribution in [3.8, 4) is 17.4 Å². The van der Waals surface area contributed by atoms with Crippen LogP contribution in [0.1, 0.15) is 29.5 Å². The van der Waals surface area contributed by atoms with Crippen LogP contribution in [0.4, 0.5) is 10.2 Å². The first kappa shape index (κ1) is 18.5. The van der Waals surface area contributed by atoms with Crippen molar-refractivity contribution in [3.63, 3.8) is 0 Å². The number of fused-ring (bicyclic) bond motifs is 1. The van der Waals surface area contributed by atoms with E-state index in [1.54, 1.807) is 16.9 Å². The number of nitrogens with one attached hydrogen (secondary N) is 1. The van der Waals surface area contributed by atoms with E-state index < -0.39 is 5.82 Å². The monoisotopic (exact) mass is 403 g/mol. The third-order valence-corrected chi connectivity index (χ3v) is 5.19. The van der Waals surface area contributed by atoms with Crippen LogP contribution in [0.2, 0.25) is 0 Å². The molecular formula is C23H22FN5O. The Hall–Kier alpha value is -3.48. The van der Waals surface area contributed by atoms with E-state index in [0.29, 0.717) is 29.1 Å². The van der Waals surface area contributed by atoms with Crippen LogP contribution in [0, 0.1) is 26.6 Å². The lowest BCUT2D eigenvalue weighted by Crippen LogP contribution is -2.09. The minimum Gasteiger partial charge on any atom is -0.454 e. The minimum absolute atomic E-state index is 0.157. The fourth-order valence-electron chi connectivity index (χ4n) is 3.42. The van der Waals surface area contributed by atoms with E-state index in [2.05, 4.69) is 20.4 Å². The first-order valence-corrected chi connectivity index (χ1v) is 10.0. The fraction of sp³-hybridized carbons (Fsp3) is 0.261. The van der Waals surface area contributed by atoms with Crippen molar-refractivity contribution in [1.82, 2.24) is 19.7 Å². The van der Waals surface area contributed by atoms with Gasteiger partial charge in [-0.3, -0.25) is 0 Å². The summed E-state index contributed by atoms with van der Waals surface area (Å²) in [5.74, 6) is 1.42. The molecule has 2 aromatic carbocycles. The summed E-state index contributed by atoms with van der Waals surface area (Å²) >= 11 is 0. The molecule has 5 rings (SSSR count). The van der Waals surface area contributed by atoms with Crippen molar-refractivity contribution >= 4 is 16.7 Å². The van der Waals surface area contributed by atoms with Crippen LogP contribution in [0.5, 0.6) is 11.5 Å². The van der Waals surface area contributed by atoms with Gasteiger partial charge in [0.1, 0.15) is 11.6 Å². The normalized spacial score (nSPS) is 13.6. The molecule has 0 saturated heterocycles. The predicted octanol–water partition coefficient (Wildman–Crippen LogP) is 5.25. The molecular weight excluding hydrogens is 381 g/mol. The van der Waals surface area contributed by atoms with Crippen LogP contribution in [-0.2, 0) is 0 Å². The molecule has 6 nitrogen and oxygen atoms in total. The third kappa shape index (κ3) is 3.47. The summed E-state index contributed by atoms with van der Waals surface area (Å²) in [4.78, 5) is 9.22. The number of ether oxygens (including phenoxy) is 1. The molecule has 1 fully saturated rings. The molecule has 1 saturated carbocycles. The van der Waals surface area contributed by atoms with E-state index in [9.17, 15) is 4.39 Å². The van der Waals surface area contributed by atoms with Gasteiger partial charge < -0.3 is 10.1 Å². The quantitative estimate of drug-likeness (QED) is 0.493. The number of hydrogen-bond donors (Lipinski definition) is 1. The van der Waals surface area contributed by atoms with Gasteiger partial charge in [0.25, 0.3) is 5.95 Å². The smallest absolute Gasteiger partial charge is 0.253 e. The van der Waals surface area contributed by atoms with Gasteiger partial charge in [-0.25, -0.2) is 14.1 Å². The van der Waals surface area contributed by atoms with Crippen LogP contribution in [0.25, 0.3) is 16.9 Å². The Morgan fingerprint density at radius 1 is 1.10 bits per heavy atom. The number of hydrogen-bond acceptors (Lipinski definition) is 5. The summed E-state index contributed by atoms with van der Waals surface area (Å²) in [6.07, 6.45) is 5.77. The predicted molar refractivity (Wildman–Crippen MR) is 114 cm³/mol. The summed E-state index contributed by atoms with van der Waals surface area (Å²) in [6, 6.07) is 9.31. The minimum atomic E-state index is -0.469. The Morgan fingerprint density at radius 2 is 1.87 bits per heavy atom. The Balaban J connectivity index is 1.63. The second-order valence-electron chi connectivity index (χ2n) is 7.88. The zero-order chi connectivity index (χ0) is 20.8. The molecule has 0 spiro atoms. The van der Waals surface area contributed by atoms with E-state index in [1.165, 1.54) is 6.07 Å². The highest BCUT2D eigenvalue weighted by Crippen LogP contribution is 2.35. The summed E-state index contributed by atoms with van der Waals surface area (Å²) in [5.41, 5.74) is 3.40. The molecule has 1 aliphatic rings. The van der Waals surface area contributed by atoms with Crippen molar-refractivity contribution in [1.29, 1.82) is 0 Å². The number of aromatic nitrogens is 4. The average Bonchev–Trinajstić information content (AvgIpc) is 3.42. The van der Waals surface area contributed by atoms with Gasteiger partial charge in [-0.15, -0.1) is 0 Å². The maximum absolute atomic E-state index is 15.0. The van der Waals surface area contributed by atoms with Crippen molar-refractivity contribution in [2.45, 2.75) is 39.7 Å². The van der Waals surface area contributed by atoms with Crippen molar-refractivity contribution in [2.75, 3.05) is 5.32 Å². The molecule has 1 aliphatic carbocycles. The van der Waals surface area contributed by atoms with Gasteiger partial charge in [-0.2, -0.15) is 10.1 Å². The molecule has 0 aliphatic heterocycles. The Kier molecular flexibility index (Phi) is 4.38. The summed E-state index contributed by atoms with van der Waals surface area (Å²) in [6.45, 7) is 5.84. The zero-order valence-electron chi connectivity index (χ0n) is 17.1. The number of benzene rings is 2. The number of aryl methyl sites for hydroxylation is 3. The standard InChI is InChI=1S/C23H22FN5O/c1-13-11-25-29(12-13)23-27-19-10-18(24)20(30-21-14(2)5-4-6-15(21)3)9-17(19)22(28-23)26-16-7-8-16/h4-6,9-12,16H,7-8H2,1-3H3,(H,26,27,28). The lowest BCUT2D eigenvalue weighted by Gasteiger charge is -2.15. The molecule has 0 amide bonds. The van der Waals surface area contributed by atoms with Gasteiger partial charge in [0.05, 0.1) is 11.7 Å². The number of rotatable bonds is 5. The van der Waals surface area contributed by atoms with Gasteiger partial charge >= 0.3 is 0 Å². The van der Waals surface area contributed by atoms with Crippen molar-refractivity contribution < 1.29 is 9.13 Å². The molecule has 0 unspecified atom stereocenters. The molecule has 0 atom stereocenters. The first-order valence-electron chi connectivity index (χ1n) is 10.0. The molecule has 1 N–H and O–H groups in total. The van der Waals surface area contributed by atoms with Crippen LogP contribution < -0.4 is 10.1 Å². The van der Waals surface area contributed by atoms with E-state index in [1.807, 2.05) is 45.2 Å². The Labute approximate surface area is 173 Å². The number of para-hydroxylation sites is 1. The van der Waals surface area contributed by atoms with Gasteiger partial charge in [0, 0.05) is 23.7 Å². The highest BCUT2D eigenvalue weighted by molar-refractivity contribution is 5.91. The lowest BCUT2D eigenvalue weighted by atomic mass is 10.1. The Morgan fingerprint density at radius 3 is 2.53 bits per heavy atom. The largest absolute Gasteiger partial charge is 0.454 e. The van der Waals surface area contributed by atoms with Gasteiger partial charge in [0.15, 0.2) is 11.6 Å². The third-order valence-electron chi connectivity index (χ3n) is 5.19. The molecule has 30 heavy (non-hydrogen) atoms. The second kappa shape index (κ2) is 7.09. The van der Waals surface area contributed by atoms with Gasteiger partial charge in [-0.05, 0) is 56.4 Å². The maximum Gasteiger partial charge on any atom is 0.253 e. The van der Waals surface area contributed by atoms with E-state index in [4.69, 9.17) is 4.74 Å². The molecule has 0 radical (unpaired) electrons. The fourth-order valence-corrected chi connectivity index (χ4v) is 3.42. The van der Waals surface area contributed by atoms with Gasteiger partial charge in [0.2, 0.25) is 0 Å². The second-order valence-corrected chi connectivity index (χ2v) is 7.88. The number of halogens is 1.